The average molecular weight is 821 g/mol. The van der Waals surface area contributed by atoms with Crippen LogP contribution in [-0.2, 0) is 33.9 Å². The summed E-state index contributed by atoms with van der Waals surface area (Å²) >= 11 is 0. The van der Waals surface area contributed by atoms with Crippen molar-refractivity contribution < 1.29 is 22.9 Å². The molecule has 306 valence electrons. The number of hydrogen-bond donors (Lipinski definition) is 4. The molecule has 0 aliphatic heterocycles. The highest BCUT2D eigenvalue weighted by molar-refractivity contribution is 7.85. The van der Waals surface area contributed by atoms with E-state index >= 15 is 4.39 Å². The third-order valence-corrected chi connectivity index (χ3v) is 12.0. The maximum Gasteiger partial charge on any atom is 0.329 e. The Balaban J connectivity index is 1.00. The lowest BCUT2D eigenvalue weighted by atomic mass is 9.69. The first-order chi connectivity index (χ1) is 28.4. The Kier molecular flexibility index (Phi) is 11.8. The molecule has 0 radical (unpaired) electrons. The van der Waals surface area contributed by atoms with E-state index in [0.29, 0.717) is 44.1 Å². The number of aromatic nitrogens is 6. The molecule has 17 heteroatoms. The van der Waals surface area contributed by atoms with Gasteiger partial charge in [0.25, 0.3) is 0 Å². The second kappa shape index (κ2) is 17.2. The van der Waals surface area contributed by atoms with Crippen LogP contribution in [0.5, 0.6) is 5.75 Å². The Bertz CT molecular complexity index is 2700. The van der Waals surface area contributed by atoms with Crippen molar-refractivity contribution in [3.63, 3.8) is 0 Å². The van der Waals surface area contributed by atoms with E-state index in [9.17, 15) is 18.6 Å². The van der Waals surface area contributed by atoms with Crippen molar-refractivity contribution in [2.24, 2.45) is 18.7 Å². The number of imidazole rings is 1. The van der Waals surface area contributed by atoms with Gasteiger partial charge in [-0.05, 0) is 105 Å². The first-order valence-corrected chi connectivity index (χ1v) is 20.4. The highest BCUT2D eigenvalue weighted by Gasteiger charge is 2.31. The largest absolute Gasteiger partial charge is 0.485 e. The van der Waals surface area contributed by atoms with E-state index in [1.807, 2.05) is 50.2 Å². The van der Waals surface area contributed by atoms with Crippen molar-refractivity contribution in [2.75, 3.05) is 12.4 Å². The first-order valence-electron chi connectivity index (χ1n) is 19.2. The number of carbonyl (C=O) groups is 2. The Morgan fingerprint density at radius 3 is 2.59 bits per heavy atom. The summed E-state index contributed by atoms with van der Waals surface area (Å²) in [5.41, 5.74) is 9.99. The molecule has 0 saturated heterocycles. The standard InChI is InChI=1S/C42H45FN10O5S/c1-24(2)58-39-38(29(20-44)21-45)47-23-52-40(39)49-41(50-52)48-34-11-10-32(19-33(34)43)59(57)31-7-5-6-25(17-31)14-26-15-28(16-26)27-8-12-35-36(18-27)51(4)42(56)53(35)30(22-54)9-13-37(55)46-3/h5-8,10-12,17-24,26,28,30,44H,9,13-16,45H2,1-4H3,(H,46,55)(H,48,50)/b29-21+,44-20?. The SMILES string of the molecule is CNC(=O)CCC(C=O)n1c(=O)n(C)c2cc(C3CC(Cc4cccc(S(=O)c5ccc(Nc6nc7c(OC(C)C)c(/C(C=N)=C/N)ncn7n6)c(F)c5)c4)C3)ccc21. The number of aryl methyl sites for hydroxylation is 1. The minimum atomic E-state index is -1.65. The van der Waals surface area contributed by atoms with Crippen LogP contribution < -0.4 is 26.8 Å². The van der Waals surface area contributed by atoms with Gasteiger partial charge in [-0.2, -0.15) is 9.50 Å². The molecule has 3 aromatic carbocycles. The first kappa shape index (κ1) is 40.7. The minimum absolute atomic E-state index is 0.0772. The Hall–Kier alpha value is -6.49. The fraction of sp³-hybridized carbons (Fsp3) is 0.310. The fourth-order valence-corrected chi connectivity index (χ4v) is 8.65. The Labute approximate surface area is 341 Å². The number of halogens is 1. The second-order valence-corrected chi connectivity index (χ2v) is 16.3. The molecule has 2 atom stereocenters. The Morgan fingerprint density at radius 1 is 1.12 bits per heavy atom. The topological polar surface area (TPSA) is 204 Å². The summed E-state index contributed by atoms with van der Waals surface area (Å²) in [4.78, 5) is 46.7. The second-order valence-electron chi connectivity index (χ2n) is 14.9. The maximum absolute atomic E-state index is 15.5. The molecular formula is C42H45FN10O5S. The quantitative estimate of drug-likeness (QED) is 0.0707. The summed E-state index contributed by atoms with van der Waals surface area (Å²) in [5.74, 6) is 0.227. The lowest BCUT2D eigenvalue weighted by molar-refractivity contribution is -0.121. The van der Waals surface area contributed by atoms with E-state index in [1.165, 1.54) is 40.8 Å². The molecule has 1 fully saturated rings. The molecule has 3 aromatic heterocycles. The van der Waals surface area contributed by atoms with Crippen LogP contribution in [0.1, 0.15) is 68.3 Å². The number of anilines is 2. The van der Waals surface area contributed by atoms with Gasteiger partial charge in [0, 0.05) is 48.3 Å². The number of amides is 1. The lowest BCUT2D eigenvalue weighted by Crippen LogP contribution is -2.28. The van der Waals surface area contributed by atoms with Gasteiger partial charge in [-0.25, -0.2) is 18.4 Å². The molecule has 1 aliphatic rings. The van der Waals surface area contributed by atoms with E-state index in [2.05, 4.69) is 25.7 Å². The number of benzene rings is 3. The van der Waals surface area contributed by atoms with Gasteiger partial charge in [0.15, 0.2) is 5.75 Å². The van der Waals surface area contributed by atoms with Crippen LogP contribution in [0.4, 0.5) is 16.0 Å². The van der Waals surface area contributed by atoms with Crippen LogP contribution in [0.15, 0.2) is 87.8 Å². The summed E-state index contributed by atoms with van der Waals surface area (Å²) in [6.07, 6.45) is 7.23. The Morgan fingerprint density at radius 2 is 1.90 bits per heavy atom. The molecule has 1 aliphatic carbocycles. The summed E-state index contributed by atoms with van der Waals surface area (Å²) in [6, 6.07) is 17.1. The number of aldehydes is 1. The zero-order chi connectivity index (χ0) is 42.0. The number of allylic oxidation sites excluding steroid dienone is 1. The summed E-state index contributed by atoms with van der Waals surface area (Å²) < 4.78 is 39.6. The van der Waals surface area contributed by atoms with Crippen molar-refractivity contribution in [3.05, 3.63) is 106 Å². The third-order valence-electron chi connectivity index (χ3n) is 10.6. The average Bonchev–Trinajstić information content (AvgIpc) is 3.74. The van der Waals surface area contributed by atoms with Crippen molar-refractivity contribution >= 4 is 63.1 Å². The molecule has 2 unspecified atom stereocenters. The van der Waals surface area contributed by atoms with Crippen LogP contribution in [-0.4, -0.2) is 64.5 Å². The fourth-order valence-electron chi connectivity index (χ4n) is 7.52. The van der Waals surface area contributed by atoms with E-state index < -0.39 is 22.7 Å². The van der Waals surface area contributed by atoms with Crippen LogP contribution in [0.2, 0.25) is 0 Å². The van der Waals surface area contributed by atoms with Crippen molar-refractivity contribution in [3.8, 4) is 5.75 Å². The van der Waals surface area contributed by atoms with Gasteiger partial charge in [0.1, 0.15) is 24.1 Å². The van der Waals surface area contributed by atoms with Gasteiger partial charge in [-0.3, -0.25) is 13.9 Å². The highest BCUT2D eigenvalue weighted by Crippen LogP contribution is 2.44. The number of rotatable bonds is 16. The van der Waals surface area contributed by atoms with Gasteiger partial charge >= 0.3 is 5.69 Å². The zero-order valence-corrected chi connectivity index (χ0v) is 33.8. The van der Waals surface area contributed by atoms with Crippen molar-refractivity contribution in [1.82, 2.24) is 34.0 Å². The molecule has 15 nitrogen and oxygen atoms in total. The molecule has 1 saturated carbocycles. The van der Waals surface area contributed by atoms with Crippen LogP contribution >= 0.6 is 0 Å². The number of fused-ring (bicyclic) bond motifs is 2. The van der Waals surface area contributed by atoms with Crippen LogP contribution in [0.25, 0.3) is 22.3 Å². The normalized spacial score (nSPS) is 16.5. The minimum Gasteiger partial charge on any atom is -0.485 e. The molecule has 6 aromatic rings. The molecule has 3 heterocycles. The lowest BCUT2D eigenvalue weighted by Gasteiger charge is -2.36. The van der Waals surface area contributed by atoms with Crippen LogP contribution in [0.3, 0.4) is 0 Å². The van der Waals surface area contributed by atoms with Crippen LogP contribution in [0, 0.1) is 17.1 Å². The summed E-state index contributed by atoms with van der Waals surface area (Å²) in [7, 11) is 1.58. The zero-order valence-electron chi connectivity index (χ0n) is 33.0. The molecule has 5 N–H and O–H groups in total. The molecule has 0 spiro atoms. The van der Waals surface area contributed by atoms with Gasteiger partial charge in [0.05, 0.1) is 39.7 Å². The molecular weight excluding hydrogens is 776 g/mol. The smallest absolute Gasteiger partial charge is 0.329 e. The maximum atomic E-state index is 15.5. The number of ether oxygens (including phenoxy) is 1. The summed E-state index contributed by atoms with van der Waals surface area (Å²) in [6.45, 7) is 3.67. The molecule has 59 heavy (non-hydrogen) atoms. The number of carbonyl (C=O) groups excluding carboxylic acids is 2. The predicted octanol–water partition coefficient (Wildman–Crippen LogP) is 5.57. The predicted molar refractivity (Wildman–Crippen MR) is 223 cm³/mol. The van der Waals surface area contributed by atoms with E-state index in [0.717, 1.165) is 48.4 Å². The summed E-state index contributed by atoms with van der Waals surface area (Å²) in [5, 5.41) is 17.5. The van der Waals surface area contributed by atoms with Gasteiger partial charge in [-0.15, -0.1) is 5.10 Å². The van der Waals surface area contributed by atoms with Gasteiger partial charge in [-0.1, -0.05) is 18.2 Å². The molecule has 0 bridgehead atoms. The number of nitrogens with two attached hydrogens (primary N) is 1. The van der Waals surface area contributed by atoms with E-state index in [1.54, 1.807) is 23.7 Å². The van der Waals surface area contributed by atoms with E-state index in [4.69, 9.17) is 15.9 Å². The molecule has 7 rings (SSSR count). The number of hydrogen-bond acceptors (Lipinski definition) is 11. The van der Waals surface area contributed by atoms with Gasteiger partial charge < -0.3 is 31.3 Å². The highest BCUT2D eigenvalue weighted by atomic mass is 32.2. The van der Waals surface area contributed by atoms with Crippen molar-refractivity contribution in [2.45, 2.75) is 73.8 Å². The number of nitrogens with one attached hydrogen (secondary N) is 3. The monoisotopic (exact) mass is 820 g/mol. The van der Waals surface area contributed by atoms with Gasteiger partial charge in [0.2, 0.25) is 17.5 Å². The number of nitrogens with zero attached hydrogens (tertiary/aromatic N) is 6. The molecule has 1 amide bonds. The van der Waals surface area contributed by atoms with E-state index in [-0.39, 0.29) is 47.9 Å². The third kappa shape index (κ3) is 8.28. The van der Waals surface area contributed by atoms with Crippen molar-refractivity contribution in [1.29, 1.82) is 5.41 Å².